The molecular formula is C10H13N3O3. The molecule has 0 bridgehead atoms. The fraction of sp³-hybridized carbons (Fsp3) is 0.400. The Bertz CT molecular complexity index is 613. The fourth-order valence-corrected chi connectivity index (χ4v) is 1.12. The van der Waals surface area contributed by atoms with E-state index >= 15 is 0 Å². The molecule has 0 aliphatic carbocycles. The van der Waals surface area contributed by atoms with E-state index < -0.39 is 11.3 Å². The van der Waals surface area contributed by atoms with Crippen LogP contribution in [0, 0.1) is 6.92 Å². The first kappa shape index (κ1) is 12.1. The van der Waals surface area contributed by atoms with Crippen molar-refractivity contribution in [2.45, 2.75) is 20.8 Å². The second kappa shape index (κ2) is 4.69. The molecular weight excluding hydrogens is 210 g/mol. The Kier molecular flexibility index (Phi) is 3.55. The Hall–Kier alpha value is -1.98. The van der Waals surface area contributed by atoms with Gasteiger partial charge in [0.15, 0.2) is 0 Å². The molecule has 2 aromatic rings. The Morgan fingerprint density at radius 2 is 1.88 bits per heavy atom. The van der Waals surface area contributed by atoms with Gasteiger partial charge >= 0.3 is 5.76 Å². The molecule has 0 aromatic carbocycles. The van der Waals surface area contributed by atoms with Crippen LogP contribution in [0.4, 0.5) is 0 Å². The van der Waals surface area contributed by atoms with Crippen molar-refractivity contribution >= 4 is 11.1 Å². The molecule has 86 valence electrons. The van der Waals surface area contributed by atoms with Gasteiger partial charge in [0.25, 0.3) is 11.3 Å². The minimum atomic E-state index is -0.736. The molecule has 0 radical (unpaired) electrons. The van der Waals surface area contributed by atoms with Gasteiger partial charge in [0.1, 0.15) is 5.39 Å². The van der Waals surface area contributed by atoms with Gasteiger partial charge in [-0.25, -0.2) is 9.36 Å². The highest BCUT2D eigenvalue weighted by atomic mass is 16.4. The zero-order chi connectivity index (χ0) is 12.3. The lowest BCUT2D eigenvalue weighted by atomic mass is 10.3. The summed E-state index contributed by atoms with van der Waals surface area (Å²) in [6.45, 7) is 5.71. The van der Waals surface area contributed by atoms with Crippen molar-refractivity contribution in [3.8, 4) is 0 Å². The van der Waals surface area contributed by atoms with Crippen molar-refractivity contribution < 1.29 is 4.42 Å². The van der Waals surface area contributed by atoms with Gasteiger partial charge in [-0.2, -0.15) is 5.10 Å². The van der Waals surface area contributed by atoms with Crippen LogP contribution in [0.2, 0.25) is 0 Å². The summed E-state index contributed by atoms with van der Waals surface area (Å²) in [5, 5.41) is 7.57. The standard InChI is InChI=1S/C8H7N3O3.C2H6/c1-4-3-5-6(10-9-4)14-8(13)11(2)7(5)12;1-2/h3H,1-2H3;1-2H3. The van der Waals surface area contributed by atoms with Crippen LogP contribution >= 0.6 is 0 Å². The first-order valence-corrected chi connectivity index (χ1v) is 4.94. The van der Waals surface area contributed by atoms with Crippen LogP contribution in [0.5, 0.6) is 0 Å². The van der Waals surface area contributed by atoms with Crippen molar-refractivity contribution in [2.75, 3.05) is 0 Å². The highest BCUT2D eigenvalue weighted by Crippen LogP contribution is 2.02. The number of aromatic nitrogens is 3. The molecule has 6 nitrogen and oxygen atoms in total. The molecule has 0 saturated carbocycles. The highest BCUT2D eigenvalue weighted by Gasteiger charge is 2.07. The molecule has 0 saturated heterocycles. The third kappa shape index (κ3) is 2.00. The zero-order valence-corrected chi connectivity index (χ0v) is 9.64. The summed E-state index contributed by atoms with van der Waals surface area (Å²) < 4.78 is 5.65. The lowest BCUT2D eigenvalue weighted by Gasteiger charge is -1.97. The summed E-state index contributed by atoms with van der Waals surface area (Å²) in [5.41, 5.74) is 0.154. The van der Waals surface area contributed by atoms with Gasteiger partial charge in [-0.1, -0.05) is 13.8 Å². The fourth-order valence-electron chi connectivity index (χ4n) is 1.12. The Morgan fingerprint density at radius 3 is 2.50 bits per heavy atom. The summed E-state index contributed by atoms with van der Waals surface area (Å²) in [4.78, 5) is 22.6. The topological polar surface area (TPSA) is 78.0 Å². The molecule has 2 aromatic heterocycles. The minimum Gasteiger partial charge on any atom is -0.388 e. The molecule has 0 fully saturated rings. The van der Waals surface area contributed by atoms with Crippen LogP contribution in [-0.2, 0) is 7.05 Å². The smallest absolute Gasteiger partial charge is 0.388 e. The van der Waals surface area contributed by atoms with Crippen LogP contribution < -0.4 is 11.3 Å². The zero-order valence-electron chi connectivity index (χ0n) is 9.64. The number of fused-ring (bicyclic) bond motifs is 1. The van der Waals surface area contributed by atoms with Crippen molar-refractivity contribution in [1.29, 1.82) is 0 Å². The number of aryl methyl sites for hydroxylation is 1. The molecule has 0 aliphatic heterocycles. The second-order valence-corrected chi connectivity index (χ2v) is 2.94. The maximum Gasteiger partial charge on any atom is 0.423 e. The molecule has 6 heteroatoms. The number of nitrogens with zero attached hydrogens (tertiary/aromatic N) is 3. The molecule has 2 rings (SSSR count). The second-order valence-electron chi connectivity index (χ2n) is 2.94. The predicted molar refractivity (Wildman–Crippen MR) is 59.4 cm³/mol. The number of rotatable bonds is 0. The van der Waals surface area contributed by atoms with Gasteiger partial charge in [-0.05, 0) is 13.0 Å². The molecule has 0 unspecified atom stereocenters. The normalized spacial score (nSPS) is 9.75. The number of hydrogen-bond donors (Lipinski definition) is 0. The van der Waals surface area contributed by atoms with Crippen molar-refractivity contribution in [2.24, 2.45) is 7.05 Å². The van der Waals surface area contributed by atoms with Crippen LogP contribution in [0.3, 0.4) is 0 Å². The summed E-state index contributed by atoms with van der Waals surface area (Å²) in [5.74, 6) is -0.736. The van der Waals surface area contributed by atoms with E-state index in [1.54, 1.807) is 6.92 Å². The largest absolute Gasteiger partial charge is 0.423 e. The lowest BCUT2D eigenvalue weighted by Crippen LogP contribution is -2.29. The molecule has 0 amide bonds. The SMILES string of the molecule is CC.Cc1cc2c(=O)n(C)c(=O)oc2nn1. The maximum absolute atomic E-state index is 11.5. The minimum absolute atomic E-state index is 0.0244. The summed E-state index contributed by atoms with van der Waals surface area (Å²) in [6.07, 6.45) is 0. The summed E-state index contributed by atoms with van der Waals surface area (Å²) >= 11 is 0. The maximum atomic E-state index is 11.5. The van der Waals surface area contributed by atoms with Crippen LogP contribution in [0.15, 0.2) is 20.1 Å². The Balaban J connectivity index is 0.000000606. The van der Waals surface area contributed by atoms with Gasteiger partial charge in [0.2, 0.25) is 0 Å². The van der Waals surface area contributed by atoms with Gasteiger partial charge in [0, 0.05) is 7.05 Å². The first-order chi connectivity index (χ1) is 7.59. The van der Waals surface area contributed by atoms with Gasteiger partial charge < -0.3 is 4.42 Å². The lowest BCUT2D eigenvalue weighted by molar-refractivity contribution is 0.473. The Labute approximate surface area is 91.5 Å². The molecule has 0 aliphatic rings. The molecule has 0 atom stereocenters. The van der Waals surface area contributed by atoms with Gasteiger partial charge in [-0.15, -0.1) is 5.10 Å². The molecule has 0 spiro atoms. The summed E-state index contributed by atoms with van der Waals surface area (Å²) in [7, 11) is 1.35. The van der Waals surface area contributed by atoms with Crippen molar-refractivity contribution in [3.05, 3.63) is 32.7 Å². The van der Waals surface area contributed by atoms with Crippen LogP contribution in [0.1, 0.15) is 19.5 Å². The molecule has 16 heavy (non-hydrogen) atoms. The van der Waals surface area contributed by atoms with Crippen LogP contribution in [0.25, 0.3) is 11.1 Å². The van der Waals surface area contributed by atoms with Crippen molar-refractivity contribution in [3.63, 3.8) is 0 Å². The predicted octanol–water partition coefficient (Wildman–Crippen LogP) is 0.616. The van der Waals surface area contributed by atoms with Crippen LogP contribution in [-0.4, -0.2) is 14.8 Å². The summed E-state index contributed by atoms with van der Waals surface area (Å²) in [6, 6.07) is 1.54. The van der Waals surface area contributed by atoms with Gasteiger partial charge in [-0.3, -0.25) is 4.79 Å². The molecule has 2 heterocycles. The first-order valence-electron chi connectivity index (χ1n) is 4.94. The quantitative estimate of drug-likeness (QED) is 0.654. The van der Waals surface area contributed by atoms with Crippen molar-refractivity contribution in [1.82, 2.24) is 14.8 Å². The molecule has 0 N–H and O–H groups in total. The average molecular weight is 223 g/mol. The highest BCUT2D eigenvalue weighted by molar-refractivity contribution is 5.70. The average Bonchev–Trinajstić information content (AvgIpc) is 2.30. The van der Waals surface area contributed by atoms with E-state index in [9.17, 15) is 9.59 Å². The van der Waals surface area contributed by atoms with E-state index in [1.165, 1.54) is 13.1 Å². The van der Waals surface area contributed by atoms with E-state index in [1.807, 2.05) is 13.8 Å². The van der Waals surface area contributed by atoms with Gasteiger partial charge in [0.05, 0.1) is 5.69 Å². The third-order valence-corrected chi connectivity index (χ3v) is 1.88. The van der Waals surface area contributed by atoms with E-state index in [0.29, 0.717) is 5.69 Å². The van der Waals surface area contributed by atoms with E-state index in [0.717, 1.165) is 4.57 Å². The monoisotopic (exact) mass is 223 g/mol. The van der Waals surface area contributed by atoms with E-state index in [2.05, 4.69) is 10.2 Å². The van der Waals surface area contributed by atoms with E-state index in [-0.39, 0.29) is 11.1 Å². The Morgan fingerprint density at radius 1 is 1.25 bits per heavy atom. The number of hydrogen-bond acceptors (Lipinski definition) is 5. The third-order valence-electron chi connectivity index (χ3n) is 1.88. The van der Waals surface area contributed by atoms with E-state index in [4.69, 9.17) is 4.42 Å².